The molecule has 168 valence electrons. The molecule has 3 rings (SSSR count). The van der Waals surface area contributed by atoms with E-state index in [0.717, 1.165) is 9.75 Å². The van der Waals surface area contributed by atoms with E-state index >= 15 is 0 Å². The lowest BCUT2D eigenvalue weighted by atomic mass is 10.1. The molecular weight excluding hydrogens is 448 g/mol. The molecule has 9 heteroatoms. The summed E-state index contributed by atoms with van der Waals surface area (Å²) in [4.78, 5) is 44.7. The number of methoxy groups -OCH3 is 1. The van der Waals surface area contributed by atoms with Crippen molar-refractivity contribution in [2.45, 2.75) is 40.2 Å². The number of hydrogen-bond acceptors (Lipinski definition) is 8. The number of ketones is 1. The van der Waals surface area contributed by atoms with Crippen LogP contribution in [0.5, 0.6) is 5.75 Å². The smallest absolute Gasteiger partial charge is 0.306 e. The van der Waals surface area contributed by atoms with Gasteiger partial charge in [0.25, 0.3) is 0 Å². The average Bonchev–Trinajstić information content (AvgIpc) is 3.36. The first-order chi connectivity index (χ1) is 15.3. The number of amides is 1. The quantitative estimate of drug-likeness (QED) is 0.313. The fraction of sp³-hybridized carbons (Fsp3) is 0.304. The van der Waals surface area contributed by atoms with Gasteiger partial charge >= 0.3 is 5.97 Å². The number of Topliss-reactive ketones (excluding diaryl/α,β-unsaturated/α-hetero) is 1. The third-order valence-corrected chi connectivity index (χ3v) is 6.49. The van der Waals surface area contributed by atoms with E-state index in [1.807, 2.05) is 32.0 Å². The summed E-state index contributed by atoms with van der Waals surface area (Å²) in [5.74, 6) is -0.198. The van der Waals surface area contributed by atoms with E-state index in [9.17, 15) is 14.4 Å². The van der Waals surface area contributed by atoms with Gasteiger partial charge in [-0.15, -0.1) is 22.7 Å². The maximum atomic E-state index is 12.3. The number of benzene rings is 1. The topological polar surface area (TPSA) is 85.8 Å². The predicted molar refractivity (Wildman–Crippen MR) is 125 cm³/mol. The van der Waals surface area contributed by atoms with Gasteiger partial charge in [-0.25, -0.2) is 4.98 Å². The summed E-state index contributed by atoms with van der Waals surface area (Å²) in [7, 11) is 1.54. The summed E-state index contributed by atoms with van der Waals surface area (Å²) < 4.78 is 10.6. The largest absolute Gasteiger partial charge is 0.495 e. The first kappa shape index (κ1) is 23.6. The molecule has 0 saturated carbocycles. The Labute approximate surface area is 194 Å². The van der Waals surface area contributed by atoms with Gasteiger partial charge in [0, 0.05) is 34.0 Å². The van der Waals surface area contributed by atoms with Gasteiger partial charge in [-0.3, -0.25) is 19.3 Å². The molecule has 0 aliphatic rings. The van der Waals surface area contributed by atoms with Crippen molar-refractivity contribution in [1.29, 1.82) is 0 Å². The van der Waals surface area contributed by atoms with Gasteiger partial charge < -0.3 is 9.47 Å². The van der Waals surface area contributed by atoms with Gasteiger partial charge in [-0.1, -0.05) is 12.1 Å². The predicted octanol–water partition coefficient (Wildman–Crippen LogP) is 5.22. The maximum absolute atomic E-state index is 12.3. The van der Waals surface area contributed by atoms with Crippen LogP contribution in [0.15, 0.2) is 35.7 Å². The SMILES string of the molecule is COc1ccccc1N(C(C)=O)c1nc(COC(=O)CCC(=O)c2cc(C)sc2C)cs1. The zero-order valence-electron chi connectivity index (χ0n) is 18.3. The zero-order valence-corrected chi connectivity index (χ0v) is 20.0. The van der Waals surface area contributed by atoms with Crippen molar-refractivity contribution >= 4 is 51.2 Å². The number of nitrogens with zero attached hydrogens (tertiary/aromatic N) is 2. The van der Waals surface area contributed by atoms with Crippen LogP contribution in [0, 0.1) is 13.8 Å². The van der Waals surface area contributed by atoms with Crippen LogP contribution in [0.3, 0.4) is 0 Å². The monoisotopic (exact) mass is 472 g/mol. The van der Waals surface area contributed by atoms with Crippen LogP contribution in [0.25, 0.3) is 0 Å². The molecule has 0 radical (unpaired) electrons. The van der Waals surface area contributed by atoms with Crippen molar-refractivity contribution < 1.29 is 23.9 Å². The van der Waals surface area contributed by atoms with Gasteiger partial charge in [0.1, 0.15) is 12.4 Å². The molecule has 3 aromatic rings. The van der Waals surface area contributed by atoms with Crippen molar-refractivity contribution in [3.63, 3.8) is 0 Å². The Balaban J connectivity index is 1.59. The second kappa shape index (κ2) is 10.5. The highest BCUT2D eigenvalue weighted by atomic mass is 32.1. The number of anilines is 2. The normalized spacial score (nSPS) is 10.6. The molecule has 0 bridgehead atoms. The highest BCUT2D eigenvalue weighted by Gasteiger charge is 2.21. The fourth-order valence-corrected chi connectivity index (χ4v) is 4.98. The number of aryl methyl sites for hydroxylation is 2. The summed E-state index contributed by atoms with van der Waals surface area (Å²) in [5.41, 5.74) is 1.78. The highest BCUT2D eigenvalue weighted by molar-refractivity contribution is 7.14. The van der Waals surface area contributed by atoms with Crippen molar-refractivity contribution in [1.82, 2.24) is 4.98 Å². The number of carbonyl (C=O) groups excluding carboxylic acids is 3. The molecule has 0 N–H and O–H groups in total. The standard InChI is InChI=1S/C23H24N2O5S2/c1-14-11-18(15(2)32-14)20(27)9-10-22(28)30-12-17-13-31-23(24-17)25(16(3)26)19-7-5-6-8-21(19)29-4/h5-8,11,13H,9-10,12H2,1-4H3. The molecule has 0 unspecified atom stereocenters. The third kappa shape index (κ3) is 5.60. The zero-order chi connectivity index (χ0) is 23.3. The van der Waals surface area contributed by atoms with Gasteiger partial charge in [0.15, 0.2) is 10.9 Å². The third-order valence-electron chi connectivity index (χ3n) is 4.65. The molecule has 2 heterocycles. The number of ether oxygens (including phenoxy) is 2. The van der Waals surface area contributed by atoms with Crippen LogP contribution < -0.4 is 9.64 Å². The Hall–Kier alpha value is -3.04. The maximum Gasteiger partial charge on any atom is 0.306 e. The lowest BCUT2D eigenvalue weighted by Gasteiger charge is -2.20. The Morgan fingerprint density at radius 1 is 1.12 bits per heavy atom. The summed E-state index contributed by atoms with van der Waals surface area (Å²) in [5, 5.41) is 2.18. The molecule has 0 fully saturated rings. The molecule has 2 aromatic heterocycles. The Morgan fingerprint density at radius 3 is 2.53 bits per heavy atom. The van der Waals surface area contributed by atoms with E-state index < -0.39 is 5.97 Å². The van der Waals surface area contributed by atoms with Crippen LogP contribution in [0.4, 0.5) is 10.8 Å². The molecule has 0 saturated heterocycles. The number of rotatable bonds is 9. The minimum absolute atomic E-state index is 0.00491. The van der Waals surface area contributed by atoms with Crippen LogP contribution in [0.1, 0.15) is 45.6 Å². The Morgan fingerprint density at radius 2 is 1.88 bits per heavy atom. The number of hydrogen-bond donors (Lipinski definition) is 0. The van der Waals surface area contributed by atoms with Crippen molar-refractivity contribution in [3.8, 4) is 5.75 Å². The van der Waals surface area contributed by atoms with Crippen molar-refractivity contribution in [2.24, 2.45) is 0 Å². The van der Waals surface area contributed by atoms with Crippen LogP contribution >= 0.6 is 22.7 Å². The van der Waals surface area contributed by atoms with E-state index in [1.165, 1.54) is 30.3 Å². The summed E-state index contributed by atoms with van der Waals surface area (Å²) in [6, 6.07) is 9.02. The highest BCUT2D eigenvalue weighted by Crippen LogP contribution is 2.35. The van der Waals surface area contributed by atoms with Crippen LogP contribution in [-0.4, -0.2) is 29.8 Å². The van der Waals surface area contributed by atoms with E-state index in [0.29, 0.717) is 27.8 Å². The number of carbonyl (C=O) groups is 3. The van der Waals surface area contributed by atoms with Crippen LogP contribution in [0.2, 0.25) is 0 Å². The molecule has 0 atom stereocenters. The number of para-hydroxylation sites is 2. The van der Waals surface area contributed by atoms with Crippen LogP contribution in [-0.2, 0) is 20.9 Å². The second-order valence-electron chi connectivity index (χ2n) is 7.06. The molecule has 0 spiro atoms. The van der Waals surface area contributed by atoms with Crippen molar-refractivity contribution in [3.05, 3.63) is 56.7 Å². The van der Waals surface area contributed by atoms with Crippen molar-refractivity contribution in [2.75, 3.05) is 12.0 Å². The van der Waals surface area contributed by atoms with E-state index in [2.05, 4.69) is 4.98 Å². The average molecular weight is 473 g/mol. The summed E-state index contributed by atoms with van der Waals surface area (Å²) >= 11 is 2.83. The molecule has 1 amide bonds. The number of thiazole rings is 1. The minimum atomic E-state index is -0.467. The van der Waals surface area contributed by atoms with Gasteiger partial charge in [-0.2, -0.15) is 0 Å². The number of esters is 1. The lowest BCUT2D eigenvalue weighted by Crippen LogP contribution is -2.23. The van der Waals surface area contributed by atoms with Gasteiger partial charge in [0.05, 0.1) is 24.9 Å². The molecular formula is C23H24N2O5S2. The van der Waals surface area contributed by atoms with Gasteiger partial charge in [-0.05, 0) is 32.0 Å². The molecule has 0 aliphatic carbocycles. The van der Waals surface area contributed by atoms with E-state index in [-0.39, 0.29) is 31.1 Å². The molecule has 32 heavy (non-hydrogen) atoms. The van der Waals surface area contributed by atoms with Gasteiger partial charge in [0.2, 0.25) is 5.91 Å². The first-order valence-corrected chi connectivity index (χ1v) is 11.6. The van der Waals surface area contributed by atoms with E-state index in [4.69, 9.17) is 9.47 Å². The fourth-order valence-electron chi connectivity index (χ4n) is 3.17. The van der Waals surface area contributed by atoms with E-state index in [1.54, 1.807) is 28.8 Å². The Bertz CT molecular complexity index is 1140. The molecule has 7 nitrogen and oxygen atoms in total. The number of thiophene rings is 1. The summed E-state index contributed by atoms with van der Waals surface area (Å²) in [6.45, 7) is 5.27. The minimum Gasteiger partial charge on any atom is -0.495 e. The lowest BCUT2D eigenvalue weighted by molar-refractivity contribution is -0.145. The summed E-state index contributed by atoms with van der Waals surface area (Å²) in [6.07, 6.45) is 0.106. The first-order valence-electron chi connectivity index (χ1n) is 9.94. The second-order valence-corrected chi connectivity index (χ2v) is 9.36. The molecule has 1 aromatic carbocycles. The Kier molecular flexibility index (Phi) is 7.76. The molecule has 0 aliphatic heterocycles. The number of aromatic nitrogens is 1.